The van der Waals surface area contributed by atoms with Gasteiger partial charge < -0.3 is 4.74 Å². The van der Waals surface area contributed by atoms with Gasteiger partial charge in [-0.25, -0.2) is 0 Å². The zero-order valence-corrected chi connectivity index (χ0v) is 15.9. The fourth-order valence-corrected chi connectivity index (χ4v) is 3.19. The third-order valence-corrected chi connectivity index (χ3v) is 4.53. The summed E-state index contributed by atoms with van der Waals surface area (Å²) in [6, 6.07) is 17.7. The Hall–Kier alpha value is -1.98. The largest absolute Gasteiger partial charge is 0.489 e. The number of ether oxygens (including phenoxy) is 1. The van der Waals surface area contributed by atoms with Gasteiger partial charge in [-0.1, -0.05) is 37.9 Å². The van der Waals surface area contributed by atoms with Crippen LogP contribution < -0.4 is 4.74 Å². The van der Waals surface area contributed by atoms with Crippen molar-refractivity contribution in [1.29, 1.82) is 0 Å². The summed E-state index contributed by atoms with van der Waals surface area (Å²) in [5, 5.41) is 0. The average Bonchev–Trinajstić information content (AvgIpc) is 2.61. The van der Waals surface area contributed by atoms with E-state index in [1.807, 2.05) is 60.8 Å². The fraction of sp³-hybridized carbons (Fsp3) is 0.0526. The maximum atomic E-state index is 5.83. The second-order valence-corrected chi connectivity index (χ2v) is 6.83. The smallest absolute Gasteiger partial charge is 0.119 e. The van der Waals surface area contributed by atoms with Crippen LogP contribution in [0.2, 0.25) is 0 Å². The Morgan fingerprint density at radius 2 is 1.88 bits per heavy atom. The zero-order valence-electron chi connectivity index (χ0n) is 12.7. The van der Waals surface area contributed by atoms with E-state index < -0.39 is 0 Å². The third-order valence-electron chi connectivity index (χ3n) is 3.30. The molecule has 2 aromatic carbocycles. The number of rotatable bonds is 5. The Morgan fingerprint density at radius 1 is 1.04 bits per heavy atom. The number of halogens is 2. The van der Waals surface area contributed by atoms with Crippen LogP contribution in [-0.2, 0) is 6.61 Å². The number of benzene rings is 2. The van der Waals surface area contributed by atoms with Gasteiger partial charge in [0.2, 0.25) is 0 Å². The van der Waals surface area contributed by atoms with Crippen molar-refractivity contribution in [2.24, 2.45) is 4.99 Å². The molecule has 3 rings (SSSR count). The van der Waals surface area contributed by atoms with Gasteiger partial charge in [0.1, 0.15) is 12.4 Å². The van der Waals surface area contributed by atoms with Gasteiger partial charge in [-0.2, -0.15) is 0 Å². The maximum absolute atomic E-state index is 5.83. The van der Waals surface area contributed by atoms with E-state index in [0.717, 1.165) is 31.5 Å². The molecule has 0 N–H and O–H groups in total. The molecule has 1 heterocycles. The molecule has 0 radical (unpaired) electrons. The molecule has 120 valence electrons. The summed E-state index contributed by atoms with van der Waals surface area (Å²) < 4.78 is 7.89. The highest BCUT2D eigenvalue weighted by atomic mass is 79.9. The molecule has 0 saturated carbocycles. The third kappa shape index (κ3) is 4.76. The van der Waals surface area contributed by atoms with Gasteiger partial charge in [0, 0.05) is 26.9 Å². The van der Waals surface area contributed by atoms with Gasteiger partial charge in [0.05, 0.1) is 11.9 Å². The van der Waals surface area contributed by atoms with E-state index in [1.165, 1.54) is 0 Å². The van der Waals surface area contributed by atoms with Crippen molar-refractivity contribution >= 4 is 43.8 Å². The lowest BCUT2D eigenvalue weighted by Crippen LogP contribution is -1.96. The van der Waals surface area contributed by atoms with Crippen LogP contribution in [0, 0.1) is 0 Å². The number of nitrogens with zero attached hydrogens (tertiary/aromatic N) is 2. The van der Waals surface area contributed by atoms with Crippen molar-refractivity contribution < 1.29 is 4.74 Å². The van der Waals surface area contributed by atoms with Crippen LogP contribution >= 0.6 is 31.9 Å². The van der Waals surface area contributed by atoms with E-state index in [1.54, 1.807) is 12.4 Å². The molecule has 0 amide bonds. The van der Waals surface area contributed by atoms with Crippen molar-refractivity contribution in [1.82, 2.24) is 4.98 Å². The standard InChI is InChI=1S/C19H14Br2N2O/c20-16-6-5-15(19(21)10-16)13-24-18-7-3-14(4-8-18)11-23-17-2-1-9-22-12-17/h1-12H,13H2. The van der Waals surface area contributed by atoms with Gasteiger partial charge in [-0.15, -0.1) is 0 Å². The predicted molar refractivity (Wildman–Crippen MR) is 104 cm³/mol. The van der Waals surface area contributed by atoms with Gasteiger partial charge in [0.25, 0.3) is 0 Å². The summed E-state index contributed by atoms with van der Waals surface area (Å²) >= 11 is 6.99. The van der Waals surface area contributed by atoms with Crippen LogP contribution in [-0.4, -0.2) is 11.2 Å². The lowest BCUT2D eigenvalue weighted by molar-refractivity contribution is 0.305. The van der Waals surface area contributed by atoms with Crippen molar-refractivity contribution in [3.8, 4) is 5.75 Å². The molecule has 0 aliphatic rings. The number of aromatic nitrogens is 1. The molecule has 0 spiro atoms. The van der Waals surface area contributed by atoms with Crippen LogP contribution in [0.25, 0.3) is 0 Å². The minimum atomic E-state index is 0.511. The van der Waals surface area contributed by atoms with Gasteiger partial charge in [-0.3, -0.25) is 9.98 Å². The first-order valence-electron chi connectivity index (χ1n) is 7.31. The number of hydrogen-bond donors (Lipinski definition) is 0. The van der Waals surface area contributed by atoms with Crippen molar-refractivity contribution in [2.75, 3.05) is 0 Å². The number of hydrogen-bond acceptors (Lipinski definition) is 3. The average molecular weight is 446 g/mol. The van der Waals surface area contributed by atoms with Crippen LogP contribution in [0.3, 0.4) is 0 Å². The Kier molecular flexibility index (Phi) is 5.77. The van der Waals surface area contributed by atoms with E-state index >= 15 is 0 Å². The summed E-state index contributed by atoms with van der Waals surface area (Å²) in [6.45, 7) is 0.511. The molecule has 1 aromatic heterocycles. The first-order chi connectivity index (χ1) is 11.7. The highest BCUT2D eigenvalue weighted by Crippen LogP contribution is 2.23. The van der Waals surface area contributed by atoms with E-state index in [0.29, 0.717) is 6.61 Å². The van der Waals surface area contributed by atoms with Crippen LogP contribution in [0.5, 0.6) is 5.75 Å². The maximum Gasteiger partial charge on any atom is 0.119 e. The summed E-state index contributed by atoms with van der Waals surface area (Å²) in [7, 11) is 0. The molecule has 0 bridgehead atoms. The molecule has 0 fully saturated rings. The molecule has 0 atom stereocenters. The fourth-order valence-electron chi connectivity index (χ4n) is 2.03. The lowest BCUT2D eigenvalue weighted by Gasteiger charge is -2.08. The minimum Gasteiger partial charge on any atom is -0.489 e. The Labute approximate surface area is 157 Å². The first-order valence-corrected chi connectivity index (χ1v) is 8.90. The molecular formula is C19H14Br2N2O. The van der Waals surface area contributed by atoms with Crippen molar-refractivity contribution in [3.05, 3.63) is 87.1 Å². The lowest BCUT2D eigenvalue weighted by atomic mass is 10.2. The van der Waals surface area contributed by atoms with E-state index in [2.05, 4.69) is 41.8 Å². The number of pyridine rings is 1. The van der Waals surface area contributed by atoms with Gasteiger partial charge in [0.15, 0.2) is 0 Å². The molecule has 0 unspecified atom stereocenters. The second-order valence-electron chi connectivity index (χ2n) is 5.06. The molecule has 0 aliphatic heterocycles. The topological polar surface area (TPSA) is 34.5 Å². The van der Waals surface area contributed by atoms with Gasteiger partial charge in [-0.05, 0) is 54.1 Å². The normalized spacial score (nSPS) is 10.9. The van der Waals surface area contributed by atoms with Crippen molar-refractivity contribution in [3.63, 3.8) is 0 Å². The highest BCUT2D eigenvalue weighted by molar-refractivity contribution is 9.11. The molecule has 5 heteroatoms. The first kappa shape index (κ1) is 16.9. The zero-order chi connectivity index (χ0) is 16.8. The van der Waals surface area contributed by atoms with E-state index in [4.69, 9.17) is 4.74 Å². The molecule has 24 heavy (non-hydrogen) atoms. The molecule has 3 nitrogen and oxygen atoms in total. The SMILES string of the molecule is Brc1ccc(COc2ccc(C=Nc3cccnc3)cc2)c(Br)c1. The number of aliphatic imine (C=N–C) groups is 1. The van der Waals surface area contributed by atoms with E-state index in [9.17, 15) is 0 Å². The Bertz CT molecular complexity index is 834. The van der Waals surface area contributed by atoms with Crippen LogP contribution in [0.1, 0.15) is 11.1 Å². The van der Waals surface area contributed by atoms with Crippen LogP contribution in [0.4, 0.5) is 5.69 Å². The summed E-state index contributed by atoms with van der Waals surface area (Å²) in [5.41, 5.74) is 2.94. The second kappa shape index (κ2) is 8.22. The molecule has 3 aromatic rings. The minimum absolute atomic E-state index is 0.511. The quantitative estimate of drug-likeness (QED) is 0.455. The Balaban J connectivity index is 1.61. The summed E-state index contributed by atoms with van der Waals surface area (Å²) in [6.07, 6.45) is 5.27. The monoisotopic (exact) mass is 444 g/mol. The highest BCUT2D eigenvalue weighted by Gasteiger charge is 2.02. The summed E-state index contributed by atoms with van der Waals surface area (Å²) in [5.74, 6) is 0.823. The Morgan fingerprint density at radius 3 is 2.58 bits per heavy atom. The predicted octanol–water partition coefficient (Wildman–Crippen LogP) is 5.94. The molecule has 0 aliphatic carbocycles. The van der Waals surface area contributed by atoms with Gasteiger partial charge >= 0.3 is 0 Å². The molecular weight excluding hydrogens is 432 g/mol. The summed E-state index contributed by atoms with van der Waals surface area (Å²) in [4.78, 5) is 8.42. The van der Waals surface area contributed by atoms with E-state index in [-0.39, 0.29) is 0 Å². The molecule has 0 saturated heterocycles. The van der Waals surface area contributed by atoms with Crippen LogP contribution in [0.15, 0.2) is 80.9 Å². The van der Waals surface area contributed by atoms with Crippen molar-refractivity contribution in [2.45, 2.75) is 6.61 Å².